The number of hydrogen-bond acceptors (Lipinski definition) is 6. The molecular weight excluding hydrogens is 390 g/mol. The Balaban J connectivity index is 1.88. The molecule has 2 aliphatic carbocycles. The Morgan fingerprint density at radius 1 is 1.31 bits per heavy atom. The lowest BCUT2D eigenvalue weighted by Crippen LogP contribution is -2.28. The second-order valence-corrected chi connectivity index (χ2v) is 9.72. The van der Waals surface area contributed by atoms with Crippen LogP contribution in [-0.2, 0) is 14.3 Å². The second kappa shape index (κ2) is 7.78. The second-order valence-electron chi connectivity index (χ2n) is 8.60. The van der Waals surface area contributed by atoms with Gasteiger partial charge in [-0.2, -0.15) is 0 Å². The summed E-state index contributed by atoms with van der Waals surface area (Å²) in [5.74, 6) is -0.925. The van der Waals surface area contributed by atoms with Gasteiger partial charge in [0.1, 0.15) is 5.60 Å². The van der Waals surface area contributed by atoms with Crippen LogP contribution in [0.2, 0.25) is 0 Å². The van der Waals surface area contributed by atoms with Crippen LogP contribution < -0.4 is 0 Å². The minimum absolute atomic E-state index is 0.0683. The van der Waals surface area contributed by atoms with Crippen LogP contribution in [0.5, 0.6) is 0 Å². The molecule has 0 aliphatic heterocycles. The van der Waals surface area contributed by atoms with Gasteiger partial charge in [0.25, 0.3) is 0 Å². The smallest absolute Gasteiger partial charge is 0.326 e. The SMILES string of the molecule is CC1=CC(Sc2ccccc2)=C([N+](=O)[O-])C(=O)C2(CCC(=O)OC(C)(C)C)CC12. The zero-order valence-electron chi connectivity index (χ0n) is 17.1. The van der Waals surface area contributed by atoms with Gasteiger partial charge in [-0.1, -0.05) is 35.5 Å². The van der Waals surface area contributed by atoms with E-state index in [0.717, 1.165) is 10.5 Å². The van der Waals surface area contributed by atoms with E-state index in [1.54, 1.807) is 26.8 Å². The molecule has 2 unspecified atom stereocenters. The molecule has 0 saturated heterocycles. The van der Waals surface area contributed by atoms with Crippen LogP contribution in [0, 0.1) is 21.4 Å². The summed E-state index contributed by atoms with van der Waals surface area (Å²) in [5, 5.41) is 11.8. The number of esters is 1. The molecule has 6 nitrogen and oxygen atoms in total. The van der Waals surface area contributed by atoms with Gasteiger partial charge in [-0.25, -0.2) is 0 Å². The van der Waals surface area contributed by atoms with Crippen LogP contribution in [-0.4, -0.2) is 22.3 Å². The van der Waals surface area contributed by atoms with Crippen molar-refractivity contribution in [2.24, 2.45) is 11.3 Å². The van der Waals surface area contributed by atoms with Gasteiger partial charge in [-0.15, -0.1) is 0 Å². The number of fused-ring (bicyclic) bond motifs is 1. The van der Waals surface area contributed by atoms with Gasteiger partial charge >= 0.3 is 11.7 Å². The molecule has 1 aromatic carbocycles. The molecule has 0 amide bonds. The average molecular weight is 416 g/mol. The minimum atomic E-state index is -0.876. The Bertz CT molecular complexity index is 913. The molecule has 0 bridgehead atoms. The molecule has 154 valence electrons. The number of nitrogens with zero attached hydrogens (tertiary/aromatic N) is 1. The highest BCUT2D eigenvalue weighted by Gasteiger charge is 2.64. The first kappa shape index (κ1) is 21.3. The van der Waals surface area contributed by atoms with Crippen LogP contribution in [0.1, 0.15) is 47.0 Å². The molecular formula is C22H25NO5S. The summed E-state index contributed by atoms with van der Waals surface area (Å²) < 4.78 is 5.35. The molecule has 0 aromatic heterocycles. The monoisotopic (exact) mass is 415 g/mol. The van der Waals surface area contributed by atoms with Crippen molar-refractivity contribution >= 4 is 23.5 Å². The van der Waals surface area contributed by atoms with Crippen molar-refractivity contribution < 1.29 is 19.2 Å². The van der Waals surface area contributed by atoms with E-state index in [1.807, 2.05) is 37.3 Å². The number of ether oxygens (including phenoxy) is 1. The number of ketones is 1. The molecule has 3 rings (SSSR count). The third-order valence-electron chi connectivity index (χ3n) is 5.23. The van der Waals surface area contributed by atoms with Crippen molar-refractivity contribution in [3.63, 3.8) is 0 Å². The van der Waals surface area contributed by atoms with E-state index in [0.29, 0.717) is 11.3 Å². The topological polar surface area (TPSA) is 86.5 Å². The summed E-state index contributed by atoms with van der Waals surface area (Å²) in [6, 6.07) is 9.28. The Kier molecular flexibility index (Phi) is 5.72. The lowest BCUT2D eigenvalue weighted by Gasteiger charge is -2.20. The van der Waals surface area contributed by atoms with Gasteiger partial charge in [0.15, 0.2) is 0 Å². The summed E-state index contributed by atoms with van der Waals surface area (Å²) in [6.07, 6.45) is 2.63. The van der Waals surface area contributed by atoms with Crippen LogP contribution in [0.3, 0.4) is 0 Å². The first-order valence-corrected chi connectivity index (χ1v) is 10.4. The number of nitro groups is 1. The number of Topliss-reactive ketones (excluding diaryl/α,β-unsaturated/α-hetero) is 1. The van der Waals surface area contributed by atoms with Gasteiger partial charge < -0.3 is 4.74 Å². The molecule has 7 heteroatoms. The van der Waals surface area contributed by atoms with E-state index in [2.05, 4.69) is 0 Å². The maximum Gasteiger partial charge on any atom is 0.326 e. The van der Waals surface area contributed by atoms with Crippen LogP contribution in [0.15, 0.2) is 57.5 Å². The van der Waals surface area contributed by atoms with E-state index in [4.69, 9.17) is 4.74 Å². The highest BCUT2D eigenvalue weighted by molar-refractivity contribution is 8.03. The third-order valence-corrected chi connectivity index (χ3v) is 6.27. The first-order chi connectivity index (χ1) is 13.5. The molecule has 0 heterocycles. The Morgan fingerprint density at radius 3 is 2.55 bits per heavy atom. The van der Waals surface area contributed by atoms with Crippen molar-refractivity contribution in [3.8, 4) is 0 Å². The molecule has 0 radical (unpaired) electrons. The van der Waals surface area contributed by atoms with E-state index in [9.17, 15) is 19.7 Å². The summed E-state index contributed by atoms with van der Waals surface area (Å²) in [4.78, 5) is 37.9. The number of rotatable bonds is 6. The quantitative estimate of drug-likeness (QED) is 0.372. The first-order valence-electron chi connectivity index (χ1n) is 9.60. The minimum Gasteiger partial charge on any atom is -0.460 e. The van der Waals surface area contributed by atoms with Crippen molar-refractivity contribution in [2.75, 3.05) is 0 Å². The van der Waals surface area contributed by atoms with Gasteiger partial charge in [0.2, 0.25) is 5.78 Å². The van der Waals surface area contributed by atoms with Crippen LogP contribution in [0.25, 0.3) is 0 Å². The maximum absolute atomic E-state index is 13.3. The van der Waals surface area contributed by atoms with Crippen LogP contribution in [0.4, 0.5) is 0 Å². The lowest BCUT2D eigenvalue weighted by atomic mass is 9.89. The lowest BCUT2D eigenvalue weighted by molar-refractivity contribution is -0.419. The standard InChI is InChI=1S/C22H25NO5S/c1-14-12-17(29-15-8-6-5-7-9-15)19(23(26)27)20(25)22(13-16(14)22)11-10-18(24)28-21(2,3)4/h5-9,12,16H,10-11,13H2,1-4H3. The number of carbonyl (C=O) groups is 2. The normalized spacial score (nSPS) is 23.8. The van der Waals surface area contributed by atoms with Crippen molar-refractivity contribution in [1.29, 1.82) is 0 Å². The van der Waals surface area contributed by atoms with E-state index >= 15 is 0 Å². The molecule has 0 spiro atoms. The van der Waals surface area contributed by atoms with Crippen molar-refractivity contribution in [2.45, 2.75) is 57.5 Å². The number of thioether (sulfide) groups is 1. The maximum atomic E-state index is 13.3. The average Bonchev–Trinajstić information content (AvgIpc) is 3.35. The van der Waals surface area contributed by atoms with Crippen LogP contribution >= 0.6 is 11.8 Å². The highest BCUT2D eigenvalue weighted by atomic mass is 32.2. The van der Waals surface area contributed by atoms with Gasteiger partial charge in [-0.05, 0) is 64.7 Å². The van der Waals surface area contributed by atoms with E-state index in [-0.39, 0.29) is 30.4 Å². The van der Waals surface area contributed by atoms with E-state index < -0.39 is 21.7 Å². The Morgan fingerprint density at radius 2 is 1.97 bits per heavy atom. The highest BCUT2D eigenvalue weighted by Crippen LogP contribution is 2.63. The largest absolute Gasteiger partial charge is 0.460 e. The number of hydrogen-bond donors (Lipinski definition) is 0. The molecule has 0 N–H and O–H groups in total. The zero-order valence-corrected chi connectivity index (χ0v) is 17.9. The van der Waals surface area contributed by atoms with Gasteiger partial charge in [0, 0.05) is 16.7 Å². The number of benzene rings is 1. The molecule has 1 saturated carbocycles. The van der Waals surface area contributed by atoms with Gasteiger partial charge in [-0.3, -0.25) is 19.7 Å². The fraction of sp³-hybridized carbons (Fsp3) is 0.455. The Hall–Kier alpha value is -2.41. The fourth-order valence-corrected chi connectivity index (χ4v) is 4.91. The summed E-state index contributed by atoms with van der Waals surface area (Å²) >= 11 is 1.22. The summed E-state index contributed by atoms with van der Waals surface area (Å²) in [6.45, 7) is 7.26. The summed E-state index contributed by atoms with van der Waals surface area (Å²) in [7, 11) is 0. The van der Waals surface area contributed by atoms with E-state index in [1.165, 1.54) is 11.8 Å². The van der Waals surface area contributed by atoms with Crippen molar-refractivity contribution in [3.05, 3.63) is 62.7 Å². The molecule has 1 aromatic rings. The summed E-state index contributed by atoms with van der Waals surface area (Å²) in [5.41, 5.74) is -0.911. The predicted molar refractivity (Wildman–Crippen MR) is 111 cm³/mol. The molecule has 1 fully saturated rings. The van der Waals surface area contributed by atoms with Gasteiger partial charge in [0.05, 0.1) is 9.83 Å². The molecule has 2 atom stereocenters. The number of allylic oxidation sites excluding steroid dienone is 3. The molecule has 29 heavy (non-hydrogen) atoms. The number of carbonyl (C=O) groups excluding carboxylic acids is 2. The molecule has 2 aliphatic rings. The zero-order chi connectivity index (χ0) is 21.4. The third kappa shape index (κ3) is 4.61. The fourth-order valence-electron chi connectivity index (χ4n) is 3.85. The van der Waals surface area contributed by atoms with Crippen molar-refractivity contribution in [1.82, 2.24) is 0 Å². The predicted octanol–water partition coefficient (Wildman–Crippen LogP) is 4.92. The Labute approximate surface area is 174 Å².